The third-order valence-corrected chi connectivity index (χ3v) is 2.71. The molecule has 0 radical (unpaired) electrons. The molecule has 2 heteroatoms. The number of alkyl halides is 1. The van der Waals surface area contributed by atoms with Crippen LogP contribution in [0.4, 0.5) is 0 Å². The number of hydrogen-bond acceptors (Lipinski definition) is 1. The van der Waals surface area contributed by atoms with E-state index in [0.29, 0.717) is 6.42 Å². The molecule has 1 rings (SSSR count). The van der Waals surface area contributed by atoms with Crippen molar-refractivity contribution < 1.29 is 5.11 Å². The van der Waals surface area contributed by atoms with Crippen molar-refractivity contribution in [3.05, 3.63) is 35.9 Å². The zero-order valence-electron chi connectivity index (χ0n) is 8.00. The van der Waals surface area contributed by atoms with Crippen molar-refractivity contribution in [3.63, 3.8) is 0 Å². The first-order valence-electron chi connectivity index (χ1n) is 4.43. The van der Waals surface area contributed by atoms with E-state index < -0.39 is 11.0 Å². The molecular weight excluding hydrogens is 184 g/mol. The van der Waals surface area contributed by atoms with E-state index in [0.717, 1.165) is 5.56 Å². The van der Waals surface area contributed by atoms with Gasteiger partial charge < -0.3 is 5.11 Å². The molecule has 0 aromatic heterocycles. The average Bonchev–Trinajstić information content (AvgIpc) is 2.05. The van der Waals surface area contributed by atoms with Crippen LogP contribution in [0.5, 0.6) is 0 Å². The second-order valence-corrected chi connectivity index (χ2v) is 4.48. The molecule has 1 nitrogen and oxygen atoms in total. The maximum Gasteiger partial charge on any atom is 0.0714 e. The smallest absolute Gasteiger partial charge is 0.0714 e. The van der Waals surface area contributed by atoms with Crippen molar-refractivity contribution in [2.45, 2.75) is 31.2 Å². The quantitative estimate of drug-likeness (QED) is 0.741. The fraction of sp³-hybridized carbons (Fsp3) is 0.455. The Morgan fingerprint density at radius 1 is 1.38 bits per heavy atom. The van der Waals surface area contributed by atoms with E-state index in [4.69, 9.17) is 11.6 Å². The van der Waals surface area contributed by atoms with E-state index in [1.807, 2.05) is 37.3 Å². The Kier molecular flexibility index (Phi) is 3.34. The van der Waals surface area contributed by atoms with Crippen LogP contribution in [-0.4, -0.2) is 16.1 Å². The minimum atomic E-state index is -0.568. The van der Waals surface area contributed by atoms with Gasteiger partial charge in [-0.25, -0.2) is 0 Å². The summed E-state index contributed by atoms with van der Waals surface area (Å²) in [4.78, 5) is -0.568. The van der Waals surface area contributed by atoms with Gasteiger partial charge in [-0.15, -0.1) is 11.6 Å². The SMILES string of the molecule is CC(O)C(C)(Cl)Cc1ccccc1. The van der Waals surface area contributed by atoms with Crippen molar-refractivity contribution in [1.82, 2.24) is 0 Å². The van der Waals surface area contributed by atoms with E-state index in [1.54, 1.807) is 6.92 Å². The van der Waals surface area contributed by atoms with Gasteiger partial charge in [-0.3, -0.25) is 0 Å². The molecule has 0 aliphatic rings. The maximum absolute atomic E-state index is 9.41. The minimum Gasteiger partial charge on any atom is -0.392 e. The standard InChI is InChI=1S/C11H15ClO/c1-9(13)11(2,12)8-10-6-4-3-5-7-10/h3-7,9,13H,8H2,1-2H3. The van der Waals surface area contributed by atoms with Crippen LogP contribution in [0.25, 0.3) is 0 Å². The largest absolute Gasteiger partial charge is 0.392 e. The molecule has 2 unspecified atom stereocenters. The first kappa shape index (κ1) is 10.6. The molecule has 0 saturated heterocycles. The molecule has 0 aliphatic heterocycles. The summed E-state index contributed by atoms with van der Waals surface area (Å²) in [5.74, 6) is 0. The summed E-state index contributed by atoms with van der Waals surface area (Å²) in [6.45, 7) is 3.57. The highest BCUT2D eigenvalue weighted by atomic mass is 35.5. The van der Waals surface area contributed by atoms with Gasteiger partial charge in [-0.2, -0.15) is 0 Å². The van der Waals surface area contributed by atoms with Gasteiger partial charge in [-0.05, 0) is 25.8 Å². The van der Waals surface area contributed by atoms with Gasteiger partial charge in [0.1, 0.15) is 0 Å². The van der Waals surface area contributed by atoms with Crippen molar-refractivity contribution in [2.75, 3.05) is 0 Å². The normalized spacial score (nSPS) is 17.8. The zero-order valence-corrected chi connectivity index (χ0v) is 8.75. The van der Waals surface area contributed by atoms with E-state index in [-0.39, 0.29) is 0 Å². The molecule has 0 spiro atoms. The highest BCUT2D eigenvalue weighted by Gasteiger charge is 2.26. The monoisotopic (exact) mass is 198 g/mol. The lowest BCUT2D eigenvalue weighted by atomic mass is 9.96. The summed E-state index contributed by atoms with van der Waals surface area (Å²) < 4.78 is 0. The molecule has 13 heavy (non-hydrogen) atoms. The molecule has 0 saturated carbocycles. The predicted molar refractivity (Wildman–Crippen MR) is 56.1 cm³/mol. The lowest BCUT2D eigenvalue weighted by Gasteiger charge is -2.25. The van der Waals surface area contributed by atoms with Crippen LogP contribution in [-0.2, 0) is 6.42 Å². The fourth-order valence-corrected chi connectivity index (χ4v) is 1.30. The summed E-state index contributed by atoms with van der Waals surface area (Å²) in [6.07, 6.45) is 0.182. The highest BCUT2D eigenvalue weighted by Crippen LogP contribution is 2.24. The Hall–Kier alpha value is -0.530. The second-order valence-electron chi connectivity index (χ2n) is 3.62. The molecule has 0 heterocycles. The zero-order chi connectivity index (χ0) is 9.90. The summed E-state index contributed by atoms with van der Waals surface area (Å²) in [5.41, 5.74) is 1.15. The topological polar surface area (TPSA) is 20.2 Å². The van der Waals surface area contributed by atoms with Gasteiger partial charge in [0.25, 0.3) is 0 Å². The van der Waals surface area contributed by atoms with Crippen molar-refractivity contribution >= 4 is 11.6 Å². The number of rotatable bonds is 3. The molecule has 0 bridgehead atoms. The molecular formula is C11H15ClO. The maximum atomic E-state index is 9.41. The van der Waals surface area contributed by atoms with Crippen LogP contribution < -0.4 is 0 Å². The van der Waals surface area contributed by atoms with Gasteiger partial charge in [0, 0.05) is 0 Å². The Labute approximate surface area is 84.4 Å². The summed E-state index contributed by atoms with van der Waals surface area (Å²) in [6, 6.07) is 9.96. The van der Waals surface area contributed by atoms with Crippen LogP contribution in [0.2, 0.25) is 0 Å². The van der Waals surface area contributed by atoms with E-state index >= 15 is 0 Å². The summed E-state index contributed by atoms with van der Waals surface area (Å²) in [5, 5.41) is 9.41. The Morgan fingerprint density at radius 3 is 2.38 bits per heavy atom. The number of benzene rings is 1. The van der Waals surface area contributed by atoms with Crippen molar-refractivity contribution in [2.24, 2.45) is 0 Å². The number of hydrogen-bond donors (Lipinski definition) is 1. The van der Waals surface area contributed by atoms with E-state index in [2.05, 4.69) is 0 Å². The Balaban J connectivity index is 2.69. The third-order valence-electron chi connectivity index (χ3n) is 2.26. The fourth-order valence-electron chi connectivity index (χ4n) is 1.14. The van der Waals surface area contributed by atoms with Crippen LogP contribution >= 0.6 is 11.6 Å². The van der Waals surface area contributed by atoms with E-state index in [1.165, 1.54) is 0 Å². The Morgan fingerprint density at radius 2 is 1.92 bits per heavy atom. The Bertz CT molecular complexity index is 254. The summed E-state index contributed by atoms with van der Waals surface area (Å²) >= 11 is 6.16. The predicted octanol–water partition coefficient (Wildman–Crippen LogP) is 2.61. The minimum absolute atomic E-state index is 0.505. The molecule has 1 N–H and O–H groups in total. The second kappa shape index (κ2) is 4.12. The lowest BCUT2D eigenvalue weighted by Crippen LogP contribution is -2.33. The first-order chi connectivity index (χ1) is 6.02. The van der Waals surface area contributed by atoms with Crippen molar-refractivity contribution in [1.29, 1.82) is 0 Å². The molecule has 1 aromatic rings. The van der Waals surface area contributed by atoms with Gasteiger partial charge in [0.2, 0.25) is 0 Å². The average molecular weight is 199 g/mol. The number of aliphatic hydroxyl groups is 1. The van der Waals surface area contributed by atoms with Gasteiger partial charge >= 0.3 is 0 Å². The molecule has 0 aliphatic carbocycles. The number of aliphatic hydroxyl groups excluding tert-OH is 1. The van der Waals surface area contributed by atoms with Crippen LogP contribution in [0.15, 0.2) is 30.3 Å². The molecule has 72 valence electrons. The van der Waals surface area contributed by atoms with Crippen LogP contribution in [0.1, 0.15) is 19.4 Å². The molecule has 1 aromatic carbocycles. The van der Waals surface area contributed by atoms with Gasteiger partial charge in [0.05, 0.1) is 11.0 Å². The molecule has 0 amide bonds. The molecule has 0 fully saturated rings. The van der Waals surface area contributed by atoms with Crippen LogP contribution in [0.3, 0.4) is 0 Å². The van der Waals surface area contributed by atoms with Crippen molar-refractivity contribution in [3.8, 4) is 0 Å². The lowest BCUT2D eigenvalue weighted by molar-refractivity contribution is 0.150. The highest BCUT2D eigenvalue weighted by molar-refractivity contribution is 6.24. The third kappa shape index (κ3) is 3.02. The first-order valence-corrected chi connectivity index (χ1v) is 4.81. The van der Waals surface area contributed by atoms with E-state index in [9.17, 15) is 5.11 Å². The van der Waals surface area contributed by atoms with Gasteiger partial charge in [0.15, 0.2) is 0 Å². The summed E-state index contributed by atoms with van der Waals surface area (Å²) in [7, 11) is 0. The number of halogens is 1. The van der Waals surface area contributed by atoms with Crippen LogP contribution in [0, 0.1) is 0 Å². The van der Waals surface area contributed by atoms with Gasteiger partial charge in [-0.1, -0.05) is 30.3 Å². The molecule has 2 atom stereocenters.